The zero-order valence-corrected chi connectivity index (χ0v) is 23.2. The summed E-state index contributed by atoms with van der Waals surface area (Å²) in [4.78, 5) is 21.3. The Balaban J connectivity index is 1.09. The molecule has 7 nitrogen and oxygen atoms in total. The van der Waals surface area contributed by atoms with Crippen LogP contribution in [0.25, 0.3) is 22.2 Å². The molecule has 4 aromatic rings. The maximum absolute atomic E-state index is 12.3. The van der Waals surface area contributed by atoms with Gasteiger partial charge in [-0.2, -0.15) is 0 Å². The molecule has 2 fully saturated rings. The highest BCUT2D eigenvalue weighted by Crippen LogP contribution is 2.46. The monoisotopic (exact) mass is 565 g/mol. The van der Waals surface area contributed by atoms with Crippen LogP contribution in [0.1, 0.15) is 83.3 Å². The van der Waals surface area contributed by atoms with Gasteiger partial charge in [-0.05, 0) is 68.6 Å². The number of halogens is 2. The molecule has 202 valence electrons. The highest BCUT2D eigenvalue weighted by molar-refractivity contribution is 6.38. The molecular formula is C30H29Cl2N3O4. The van der Waals surface area contributed by atoms with E-state index in [9.17, 15) is 4.79 Å². The first-order valence-corrected chi connectivity index (χ1v) is 14.2. The van der Waals surface area contributed by atoms with Crippen molar-refractivity contribution in [3.05, 3.63) is 74.8 Å². The summed E-state index contributed by atoms with van der Waals surface area (Å²) in [7, 11) is 1.41. The third-order valence-corrected chi connectivity index (χ3v) is 8.02. The minimum Gasteiger partial charge on any atom is -0.465 e. The van der Waals surface area contributed by atoms with Crippen molar-refractivity contribution in [3.63, 3.8) is 0 Å². The number of nitrogens with zero attached hydrogens (tertiary/aromatic N) is 3. The summed E-state index contributed by atoms with van der Waals surface area (Å²) >= 11 is 12.8. The topological polar surface area (TPSA) is 87.3 Å². The average Bonchev–Trinajstić information content (AvgIpc) is 3.88. The standard InChI is InChI=1S/C30H29Cl2N3O4/c1-37-30(36)22-12-11-20(17-5-6-17)27-21(22)10-9-19(34-27)4-2-3-13-38-16-23-28(35-39-29(23)18-7-8-18)26-24(31)14-33-15-25(26)32/h9-12,14-15,17-18H,2-8,13,16H2,1H3. The van der Waals surface area contributed by atoms with Crippen LogP contribution < -0.4 is 0 Å². The number of hydrogen-bond acceptors (Lipinski definition) is 7. The van der Waals surface area contributed by atoms with Gasteiger partial charge in [0, 0.05) is 47.1 Å². The first-order chi connectivity index (χ1) is 19.0. The highest BCUT2D eigenvalue weighted by Gasteiger charge is 2.33. The molecule has 0 amide bonds. The molecule has 6 rings (SSSR count). The average molecular weight is 566 g/mol. The van der Waals surface area contributed by atoms with Crippen LogP contribution in [0.15, 0.2) is 41.2 Å². The van der Waals surface area contributed by atoms with Crippen LogP contribution in [0, 0.1) is 0 Å². The van der Waals surface area contributed by atoms with Crippen LogP contribution in [0.2, 0.25) is 10.0 Å². The fourth-order valence-corrected chi connectivity index (χ4v) is 5.62. The molecule has 39 heavy (non-hydrogen) atoms. The van der Waals surface area contributed by atoms with Crippen molar-refractivity contribution in [2.45, 2.75) is 63.4 Å². The van der Waals surface area contributed by atoms with Gasteiger partial charge in [0.2, 0.25) is 0 Å². The number of ether oxygens (including phenoxy) is 2. The molecule has 0 radical (unpaired) electrons. The summed E-state index contributed by atoms with van der Waals surface area (Å²) in [5.41, 5.74) is 5.92. The molecule has 0 spiro atoms. The SMILES string of the molecule is COC(=O)c1ccc(C2CC2)c2nc(CCCCOCc3c(-c4c(Cl)cncc4Cl)noc3C3CC3)ccc12. The second-order valence-electron chi connectivity index (χ2n) is 10.3. The zero-order valence-electron chi connectivity index (χ0n) is 21.7. The first-order valence-electron chi connectivity index (χ1n) is 13.4. The second-order valence-corrected chi connectivity index (χ2v) is 11.1. The fraction of sp³-hybridized carbons (Fsp3) is 0.400. The fourth-order valence-electron chi connectivity index (χ4n) is 5.08. The van der Waals surface area contributed by atoms with Crippen molar-refractivity contribution in [1.82, 2.24) is 15.1 Å². The van der Waals surface area contributed by atoms with Crippen molar-refractivity contribution in [1.29, 1.82) is 0 Å². The van der Waals surface area contributed by atoms with Gasteiger partial charge >= 0.3 is 5.97 Å². The van der Waals surface area contributed by atoms with E-state index in [-0.39, 0.29) is 5.97 Å². The van der Waals surface area contributed by atoms with Gasteiger partial charge in [0.15, 0.2) is 0 Å². The molecule has 9 heteroatoms. The lowest BCUT2D eigenvalue weighted by Crippen LogP contribution is -2.05. The van der Waals surface area contributed by atoms with Gasteiger partial charge < -0.3 is 14.0 Å². The Morgan fingerprint density at radius 3 is 2.51 bits per heavy atom. The Morgan fingerprint density at radius 1 is 1.03 bits per heavy atom. The predicted molar refractivity (Wildman–Crippen MR) is 149 cm³/mol. The van der Waals surface area contributed by atoms with Gasteiger partial charge in [-0.15, -0.1) is 0 Å². The van der Waals surface area contributed by atoms with Crippen LogP contribution in [-0.2, 0) is 22.5 Å². The summed E-state index contributed by atoms with van der Waals surface area (Å²) in [5.74, 6) is 1.45. The van der Waals surface area contributed by atoms with E-state index in [0.717, 1.165) is 60.0 Å². The number of methoxy groups -OCH3 is 1. The van der Waals surface area contributed by atoms with Gasteiger partial charge in [-0.3, -0.25) is 9.97 Å². The van der Waals surface area contributed by atoms with Crippen molar-refractivity contribution in [3.8, 4) is 11.3 Å². The summed E-state index contributed by atoms with van der Waals surface area (Å²) in [6.07, 6.45) is 10.3. The summed E-state index contributed by atoms with van der Waals surface area (Å²) < 4.78 is 16.8. The Hall–Kier alpha value is -3.00. The highest BCUT2D eigenvalue weighted by atomic mass is 35.5. The van der Waals surface area contributed by atoms with E-state index in [1.165, 1.54) is 25.5 Å². The van der Waals surface area contributed by atoms with Crippen LogP contribution in [0.4, 0.5) is 0 Å². The summed E-state index contributed by atoms with van der Waals surface area (Å²) in [6.45, 7) is 0.981. The number of aryl methyl sites for hydroxylation is 1. The zero-order chi connectivity index (χ0) is 26.9. The van der Waals surface area contributed by atoms with Crippen molar-refractivity contribution in [2.75, 3.05) is 13.7 Å². The van der Waals surface area contributed by atoms with E-state index in [0.29, 0.717) is 51.9 Å². The quantitative estimate of drug-likeness (QED) is 0.136. The number of benzene rings is 1. The van der Waals surface area contributed by atoms with Gasteiger partial charge in [0.05, 0.1) is 34.8 Å². The van der Waals surface area contributed by atoms with Gasteiger partial charge in [0.25, 0.3) is 0 Å². The Bertz CT molecular complexity index is 1510. The third-order valence-electron chi connectivity index (χ3n) is 7.44. The molecule has 1 aromatic carbocycles. The minimum absolute atomic E-state index is 0.330. The molecule has 0 saturated heterocycles. The molecule has 0 aliphatic heterocycles. The largest absolute Gasteiger partial charge is 0.465 e. The van der Waals surface area contributed by atoms with Crippen LogP contribution in [-0.4, -0.2) is 34.8 Å². The number of rotatable bonds is 11. The van der Waals surface area contributed by atoms with Gasteiger partial charge in [-0.25, -0.2) is 4.79 Å². The third kappa shape index (κ3) is 5.53. The molecule has 0 atom stereocenters. The van der Waals surface area contributed by atoms with E-state index >= 15 is 0 Å². The lowest BCUT2D eigenvalue weighted by molar-refractivity contribution is 0.0603. The minimum atomic E-state index is -0.330. The number of pyridine rings is 2. The van der Waals surface area contributed by atoms with E-state index in [1.807, 2.05) is 24.3 Å². The second kappa shape index (κ2) is 11.2. The maximum Gasteiger partial charge on any atom is 0.338 e. The number of aromatic nitrogens is 3. The Kier molecular flexibility index (Phi) is 7.56. The molecule has 3 aromatic heterocycles. The molecule has 0 bridgehead atoms. The molecule has 3 heterocycles. The maximum atomic E-state index is 12.3. The normalized spacial score (nSPS) is 15.2. The number of unbranched alkanes of at least 4 members (excludes halogenated alkanes) is 1. The summed E-state index contributed by atoms with van der Waals surface area (Å²) in [6, 6.07) is 7.93. The van der Waals surface area contributed by atoms with Crippen LogP contribution >= 0.6 is 23.2 Å². The van der Waals surface area contributed by atoms with E-state index in [4.69, 9.17) is 42.2 Å². The molecule has 2 saturated carbocycles. The first kappa shape index (κ1) is 26.2. The smallest absolute Gasteiger partial charge is 0.338 e. The van der Waals surface area contributed by atoms with Gasteiger partial charge in [0.1, 0.15) is 11.5 Å². The van der Waals surface area contributed by atoms with E-state index in [1.54, 1.807) is 12.4 Å². The lowest BCUT2D eigenvalue weighted by atomic mass is 10.00. The molecule has 2 aliphatic carbocycles. The molecule has 0 N–H and O–H groups in total. The van der Waals surface area contributed by atoms with E-state index < -0.39 is 0 Å². The number of fused-ring (bicyclic) bond motifs is 1. The van der Waals surface area contributed by atoms with E-state index in [2.05, 4.69) is 10.1 Å². The van der Waals surface area contributed by atoms with Crippen molar-refractivity contribution < 1.29 is 18.8 Å². The van der Waals surface area contributed by atoms with Crippen molar-refractivity contribution >= 4 is 40.1 Å². The van der Waals surface area contributed by atoms with Gasteiger partial charge in [-0.1, -0.05) is 40.5 Å². The number of carbonyl (C=O) groups is 1. The number of hydrogen-bond donors (Lipinski definition) is 0. The predicted octanol–water partition coefficient (Wildman–Crippen LogP) is 7.67. The molecule has 2 aliphatic rings. The molecular weight excluding hydrogens is 537 g/mol. The van der Waals surface area contributed by atoms with Crippen LogP contribution in [0.5, 0.6) is 0 Å². The van der Waals surface area contributed by atoms with Crippen molar-refractivity contribution in [2.24, 2.45) is 0 Å². The Morgan fingerprint density at radius 2 is 1.79 bits per heavy atom. The Labute approximate surface area is 236 Å². The number of carbonyl (C=O) groups excluding carboxylic acids is 1. The number of esters is 1. The van der Waals surface area contributed by atoms with Crippen LogP contribution in [0.3, 0.4) is 0 Å². The molecule has 0 unspecified atom stereocenters. The summed E-state index contributed by atoms with van der Waals surface area (Å²) in [5, 5.41) is 6.04. The lowest BCUT2D eigenvalue weighted by Gasteiger charge is -2.11.